The van der Waals surface area contributed by atoms with Crippen LogP contribution in [0.1, 0.15) is 17.3 Å². The van der Waals surface area contributed by atoms with Gasteiger partial charge in [-0.15, -0.1) is 0 Å². The molecule has 1 amide bonds. The maximum absolute atomic E-state index is 13.2. The standard InChI is InChI=1S/C31H28ClN5O2/c1-2-39-26-13-11-23(12-14-26)31(38)36-17-15-35(16-18-36)29-28-27(22-7-4-3-5-8-22)20-37(30(28)34-21-33-29)25-10-6-9-24(32)19-25/h3-14,19-21H,2,15-18H2,1H3. The third-order valence-corrected chi connectivity index (χ3v) is 7.25. The number of anilines is 1. The first kappa shape index (κ1) is 24.9. The topological polar surface area (TPSA) is 63.5 Å². The fourth-order valence-electron chi connectivity index (χ4n) is 5.11. The Morgan fingerprint density at radius 1 is 0.923 bits per heavy atom. The van der Waals surface area contributed by atoms with Crippen LogP contribution < -0.4 is 9.64 Å². The number of aromatic nitrogens is 3. The first-order valence-electron chi connectivity index (χ1n) is 13.1. The van der Waals surface area contributed by atoms with E-state index in [1.807, 2.05) is 78.6 Å². The molecule has 6 rings (SSSR count). The van der Waals surface area contributed by atoms with E-state index in [4.69, 9.17) is 26.3 Å². The second kappa shape index (κ2) is 10.8. The van der Waals surface area contributed by atoms with Gasteiger partial charge in [0.15, 0.2) is 5.65 Å². The van der Waals surface area contributed by atoms with Gasteiger partial charge in [-0.25, -0.2) is 9.97 Å². The molecule has 1 fully saturated rings. The average molecular weight is 538 g/mol. The molecule has 3 aromatic carbocycles. The molecule has 196 valence electrons. The van der Waals surface area contributed by atoms with Crippen molar-refractivity contribution in [1.82, 2.24) is 19.4 Å². The van der Waals surface area contributed by atoms with Gasteiger partial charge < -0.3 is 19.1 Å². The van der Waals surface area contributed by atoms with E-state index in [1.54, 1.807) is 6.33 Å². The Balaban J connectivity index is 1.32. The number of amides is 1. The molecule has 39 heavy (non-hydrogen) atoms. The summed E-state index contributed by atoms with van der Waals surface area (Å²) in [6, 6.07) is 25.4. The summed E-state index contributed by atoms with van der Waals surface area (Å²) in [6.07, 6.45) is 3.72. The molecule has 2 aromatic heterocycles. The second-order valence-electron chi connectivity index (χ2n) is 9.39. The van der Waals surface area contributed by atoms with Crippen molar-refractivity contribution in [2.75, 3.05) is 37.7 Å². The number of halogens is 1. The largest absolute Gasteiger partial charge is 0.494 e. The van der Waals surface area contributed by atoms with Crippen LogP contribution in [0, 0.1) is 0 Å². The lowest BCUT2D eigenvalue weighted by molar-refractivity contribution is 0.0746. The van der Waals surface area contributed by atoms with Gasteiger partial charge in [0.05, 0.1) is 12.0 Å². The van der Waals surface area contributed by atoms with Gasteiger partial charge in [0.2, 0.25) is 0 Å². The highest BCUT2D eigenvalue weighted by molar-refractivity contribution is 6.30. The van der Waals surface area contributed by atoms with Crippen molar-refractivity contribution in [2.45, 2.75) is 6.92 Å². The molecule has 0 spiro atoms. The number of hydrogen-bond acceptors (Lipinski definition) is 5. The maximum Gasteiger partial charge on any atom is 0.253 e. The highest BCUT2D eigenvalue weighted by atomic mass is 35.5. The Kier molecular flexibility index (Phi) is 6.90. The van der Waals surface area contributed by atoms with E-state index in [-0.39, 0.29) is 5.91 Å². The molecule has 0 unspecified atom stereocenters. The van der Waals surface area contributed by atoms with Gasteiger partial charge in [0.1, 0.15) is 17.9 Å². The van der Waals surface area contributed by atoms with Crippen LogP contribution in [0.4, 0.5) is 5.82 Å². The number of rotatable bonds is 6. The molecule has 3 heterocycles. The Labute approximate surface area is 232 Å². The Bertz CT molecular complexity index is 1610. The third-order valence-electron chi connectivity index (χ3n) is 7.01. The number of hydrogen-bond donors (Lipinski definition) is 0. The van der Waals surface area contributed by atoms with Gasteiger partial charge in [-0.2, -0.15) is 0 Å². The summed E-state index contributed by atoms with van der Waals surface area (Å²) >= 11 is 6.34. The van der Waals surface area contributed by atoms with Gasteiger partial charge in [0.25, 0.3) is 5.91 Å². The predicted octanol–water partition coefficient (Wildman–Crippen LogP) is 6.10. The van der Waals surface area contributed by atoms with Crippen molar-refractivity contribution in [2.24, 2.45) is 0 Å². The highest BCUT2D eigenvalue weighted by Crippen LogP contribution is 2.37. The summed E-state index contributed by atoms with van der Waals surface area (Å²) in [6.45, 7) is 5.09. The van der Waals surface area contributed by atoms with Crippen LogP contribution in [0.3, 0.4) is 0 Å². The number of carbonyl (C=O) groups excluding carboxylic acids is 1. The van der Waals surface area contributed by atoms with E-state index >= 15 is 0 Å². The molecule has 0 radical (unpaired) electrons. The maximum atomic E-state index is 13.2. The SMILES string of the molecule is CCOc1ccc(C(=O)N2CCN(c3ncnc4c3c(-c3ccccc3)cn4-c3cccc(Cl)c3)CC2)cc1. The van der Waals surface area contributed by atoms with E-state index in [0.29, 0.717) is 43.4 Å². The molecule has 0 aliphatic carbocycles. The van der Waals surface area contributed by atoms with Crippen molar-refractivity contribution < 1.29 is 9.53 Å². The Morgan fingerprint density at radius 3 is 2.41 bits per heavy atom. The van der Waals surface area contributed by atoms with E-state index in [1.165, 1.54) is 0 Å². The minimum absolute atomic E-state index is 0.0302. The normalized spacial score (nSPS) is 13.6. The lowest BCUT2D eigenvalue weighted by atomic mass is 10.1. The average Bonchev–Trinajstić information content (AvgIpc) is 3.38. The van der Waals surface area contributed by atoms with Gasteiger partial charge in [-0.1, -0.05) is 48.0 Å². The zero-order valence-corrected chi connectivity index (χ0v) is 22.4. The first-order chi connectivity index (χ1) is 19.1. The molecular formula is C31H28ClN5O2. The Hall–Kier alpha value is -4.36. The number of fused-ring (bicyclic) bond motifs is 1. The molecular weight excluding hydrogens is 510 g/mol. The smallest absolute Gasteiger partial charge is 0.253 e. The van der Waals surface area contributed by atoms with Crippen LogP contribution >= 0.6 is 11.6 Å². The van der Waals surface area contributed by atoms with Gasteiger partial charge in [0, 0.05) is 54.2 Å². The van der Waals surface area contributed by atoms with Crippen LogP contribution in [-0.2, 0) is 0 Å². The van der Waals surface area contributed by atoms with Gasteiger partial charge in [-0.05, 0) is 55.0 Å². The van der Waals surface area contributed by atoms with Crippen LogP contribution in [0.2, 0.25) is 5.02 Å². The van der Waals surface area contributed by atoms with Crippen LogP contribution in [0.15, 0.2) is 91.4 Å². The number of carbonyl (C=O) groups is 1. The lowest BCUT2D eigenvalue weighted by Gasteiger charge is -2.35. The van der Waals surface area contributed by atoms with Crippen LogP contribution in [-0.4, -0.2) is 58.1 Å². The Morgan fingerprint density at radius 2 is 1.69 bits per heavy atom. The summed E-state index contributed by atoms with van der Waals surface area (Å²) in [5.74, 6) is 1.67. The van der Waals surface area contributed by atoms with E-state index < -0.39 is 0 Å². The number of piperazine rings is 1. The first-order valence-corrected chi connectivity index (χ1v) is 13.4. The van der Waals surface area contributed by atoms with E-state index in [0.717, 1.165) is 39.4 Å². The lowest BCUT2D eigenvalue weighted by Crippen LogP contribution is -2.49. The minimum Gasteiger partial charge on any atom is -0.494 e. The molecule has 0 N–H and O–H groups in total. The molecule has 8 heteroatoms. The summed E-state index contributed by atoms with van der Waals surface area (Å²) < 4.78 is 7.58. The third kappa shape index (κ3) is 4.93. The van der Waals surface area contributed by atoms with Crippen molar-refractivity contribution in [3.05, 3.63) is 102 Å². The van der Waals surface area contributed by atoms with E-state index in [2.05, 4.69) is 27.8 Å². The quantitative estimate of drug-likeness (QED) is 0.262. The number of nitrogens with zero attached hydrogens (tertiary/aromatic N) is 5. The number of benzene rings is 3. The monoisotopic (exact) mass is 537 g/mol. The summed E-state index contributed by atoms with van der Waals surface area (Å²) in [5, 5.41) is 1.65. The van der Waals surface area contributed by atoms with Gasteiger partial charge in [-0.3, -0.25) is 4.79 Å². The number of ether oxygens (including phenoxy) is 1. The van der Waals surface area contributed by atoms with E-state index in [9.17, 15) is 4.79 Å². The zero-order valence-electron chi connectivity index (χ0n) is 21.6. The fraction of sp³-hybridized carbons (Fsp3) is 0.194. The molecule has 0 atom stereocenters. The summed E-state index contributed by atoms with van der Waals surface area (Å²) in [7, 11) is 0. The highest BCUT2D eigenvalue weighted by Gasteiger charge is 2.26. The van der Waals surface area contributed by atoms with Crippen molar-refractivity contribution in [1.29, 1.82) is 0 Å². The predicted molar refractivity (Wildman–Crippen MR) is 155 cm³/mol. The fourth-order valence-corrected chi connectivity index (χ4v) is 5.29. The summed E-state index contributed by atoms with van der Waals surface area (Å²) in [5.41, 5.74) is 4.55. The van der Waals surface area contributed by atoms with Gasteiger partial charge >= 0.3 is 0 Å². The molecule has 1 aliphatic rings. The molecule has 0 saturated carbocycles. The van der Waals surface area contributed by atoms with Crippen molar-refractivity contribution in [3.63, 3.8) is 0 Å². The van der Waals surface area contributed by atoms with Crippen LogP contribution in [0.5, 0.6) is 5.75 Å². The minimum atomic E-state index is 0.0302. The molecule has 1 aliphatic heterocycles. The molecule has 7 nitrogen and oxygen atoms in total. The van der Waals surface area contributed by atoms with Crippen molar-refractivity contribution >= 4 is 34.4 Å². The summed E-state index contributed by atoms with van der Waals surface area (Å²) in [4.78, 5) is 26.8. The zero-order chi connectivity index (χ0) is 26.8. The van der Waals surface area contributed by atoms with Crippen LogP contribution in [0.25, 0.3) is 27.8 Å². The molecule has 0 bridgehead atoms. The van der Waals surface area contributed by atoms with Crippen molar-refractivity contribution in [3.8, 4) is 22.6 Å². The molecule has 1 saturated heterocycles. The molecule has 5 aromatic rings. The second-order valence-corrected chi connectivity index (χ2v) is 9.83.